The summed E-state index contributed by atoms with van der Waals surface area (Å²) in [6.45, 7) is 15.7. The molecule has 0 fully saturated rings. The summed E-state index contributed by atoms with van der Waals surface area (Å²) in [5.74, 6) is 1.16. The van der Waals surface area contributed by atoms with Gasteiger partial charge in [0, 0.05) is 50.4 Å². The molecule has 0 unspecified atom stereocenters. The van der Waals surface area contributed by atoms with Crippen LogP contribution in [0, 0.1) is 0 Å². The lowest BCUT2D eigenvalue weighted by atomic mass is 9.71. The number of amides is 3. The van der Waals surface area contributed by atoms with Gasteiger partial charge in [-0.25, -0.2) is 19.6 Å². The minimum Gasteiger partial charge on any atom is -0.465 e. The third-order valence-corrected chi connectivity index (χ3v) is 9.85. The lowest BCUT2D eigenvalue weighted by Crippen LogP contribution is -2.41. The Hall–Kier alpha value is -4.37. The number of nitrogens with zero attached hydrogens (tertiary/aromatic N) is 6. The van der Waals surface area contributed by atoms with Crippen LogP contribution in [0.3, 0.4) is 0 Å². The number of rotatable bonds is 4. The van der Waals surface area contributed by atoms with Crippen LogP contribution in [0.25, 0.3) is 0 Å². The quantitative estimate of drug-likeness (QED) is 0.190. The van der Waals surface area contributed by atoms with Crippen molar-refractivity contribution < 1.29 is 29.0 Å². The number of nitrogens with one attached hydrogen (secondary N) is 2. The van der Waals surface area contributed by atoms with Crippen molar-refractivity contribution in [2.24, 2.45) is 0 Å². The molecule has 3 amide bonds. The van der Waals surface area contributed by atoms with Gasteiger partial charge >= 0.3 is 12.2 Å². The van der Waals surface area contributed by atoms with Crippen LogP contribution < -0.4 is 15.5 Å². The highest BCUT2D eigenvalue weighted by molar-refractivity contribution is 7.98. The highest BCUT2D eigenvalue weighted by Gasteiger charge is 2.44. The molecule has 3 aliphatic rings. The molecule has 1 aromatic carbocycles. The second-order valence-electron chi connectivity index (χ2n) is 16.2. The molecule has 14 nitrogen and oxygen atoms in total. The number of carbonyl (C=O) groups excluding carboxylic acids is 2. The Bertz CT molecular complexity index is 1850. The average molecular weight is 751 g/mol. The molecule has 2 aliphatic heterocycles. The average Bonchev–Trinajstić information content (AvgIpc) is 3.34. The lowest BCUT2D eigenvalue weighted by molar-refractivity contribution is -0.0872. The van der Waals surface area contributed by atoms with E-state index in [4.69, 9.17) is 24.5 Å². The number of hydrogen-bond acceptors (Lipinski definition) is 10. The van der Waals surface area contributed by atoms with E-state index in [2.05, 4.69) is 39.7 Å². The molecular formula is C38H54N8O6S. The fourth-order valence-electron chi connectivity index (χ4n) is 6.92. The Labute approximate surface area is 316 Å². The zero-order chi connectivity index (χ0) is 38.9. The highest BCUT2D eigenvalue weighted by atomic mass is 32.2. The van der Waals surface area contributed by atoms with E-state index in [9.17, 15) is 14.4 Å². The van der Waals surface area contributed by atoms with Crippen LogP contribution in [0.5, 0.6) is 0 Å². The first-order chi connectivity index (χ1) is 24.8. The van der Waals surface area contributed by atoms with E-state index in [1.54, 1.807) is 39.8 Å². The third kappa shape index (κ3) is 9.60. The number of carbonyl (C=O) groups is 3. The Morgan fingerprint density at radius 3 is 2.45 bits per heavy atom. The molecule has 1 spiro atoms. The van der Waals surface area contributed by atoms with Crippen LogP contribution in [-0.2, 0) is 41.2 Å². The summed E-state index contributed by atoms with van der Waals surface area (Å²) in [6, 6.07) is 8.02. The Morgan fingerprint density at radius 1 is 1.09 bits per heavy atom. The fraction of sp³-hybridized carbons (Fsp3) is 0.579. The first-order valence-corrected chi connectivity index (χ1v) is 19.3. The normalized spacial score (nSPS) is 19.4. The number of hydrogen-bond donors (Lipinski definition) is 3. The number of anilines is 2. The Kier molecular flexibility index (Phi) is 11.7. The number of ether oxygens (including phenoxy) is 2. The summed E-state index contributed by atoms with van der Waals surface area (Å²) in [5, 5.41) is 18.7. The van der Waals surface area contributed by atoms with Crippen LogP contribution in [0.4, 0.5) is 21.1 Å². The molecule has 0 saturated heterocycles. The molecule has 2 aromatic heterocycles. The smallest absolute Gasteiger partial charge is 0.412 e. The van der Waals surface area contributed by atoms with Crippen molar-refractivity contribution >= 4 is 41.4 Å². The van der Waals surface area contributed by atoms with Gasteiger partial charge in [0.1, 0.15) is 11.4 Å². The largest absolute Gasteiger partial charge is 0.465 e. The maximum Gasteiger partial charge on any atom is 0.412 e. The number of benzene rings is 1. The molecule has 0 radical (unpaired) electrons. The van der Waals surface area contributed by atoms with Gasteiger partial charge in [0.25, 0.3) is 5.91 Å². The zero-order valence-corrected chi connectivity index (χ0v) is 33.4. The summed E-state index contributed by atoms with van der Waals surface area (Å²) in [5.41, 5.74) is 5.02. The van der Waals surface area contributed by atoms with Crippen molar-refractivity contribution in [2.45, 2.75) is 122 Å². The minimum absolute atomic E-state index is 0.101. The van der Waals surface area contributed by atoms with Crippen molar-refractivity contribution in [1.82, 2.24) is 30.0 Å². The summed E-state index contributed by atoms with van der Waals surface area (Å²) in [6.07, 6.45) is 3.90. The second-order valence-corrected chi connectivity index (χ2v) is 17.0. The van der Waals surface area contributed by atoms with Crippen LogP contribution in [0.2, 0.25) is 0 Å². The van der Waals surface area contributed by atoms with Crippen molar-refractivity contribution in [2.75, 3.05) is 37.1 Å². The summed E-state index contributed by atoms with van der Waals surface area (Å²) in [7, 11) is 3.49. The van der Waals surface area contributed by atoms with E-state index < -0.39 is 23.4 Å². The predicted molar refractivity (Wildman–Crippen MR) is 205 cm³/mol. The molecule has 2 atom stereocenters. The van der Waals surface area contributed by atoms with Crippen LogP contribution in [-0.4, -0.2) is 85.9 Å². The van der Waals surface area contributed by atoms with Gasteiger partial charge in [-0.15, -0.1) is 0 Å². The van der Waals surface area contributed by atoms with Crippen molar-refractivity contribution in [3.05, 3.63) is 58.0 Å². The van der Waals surface area contributed by atoms with Crippen molar-refractivity contribution in [1.29, 1.82) is 0 Å². The van der Waals surface area contributed by atoms with E-state index >= 15 is 0 Å². The second kappa shape index (κ2) is 15.5. The van der Waals surface area contributed by atoms with E-state index in [0.717, 1.165) is 65.8 Å². The topological polar surface area (TPSA) is 164 Å². The maximum atomic E-state index is 12.6. The monoisotopic (exact) mass is 750 g/mol. The fourth-order valence-corrected chi connectivity index (χ4v) is 7.30. The number of aryl methyl sites for hydroxylation is 1. The van der Waals surface area contributed by atoms with Gasteiger partial charge in [-0.2, -0.15) is 5.10 Å². The SMILES string of the molecule is CC(C)(C)NC(=O)O.CSc1nc2c(c(N3CCCn4nc(C(=O)N(C)C)cc4C3)n1)CO[C@]1(CC[C@H](C)c3ccc(NC(=O)OC(C)(C)C)cc31)C2. The molecule has 4 heterocycles. The highest BCUT2D eigenvalue weighted by Crippen LogP contribution is 2.49. The molecule has 3 N–H and O–H groups in total. The van der Waals surface area contributed by atoms with E-state index in [-0.39, 0.29) is 11.4 Å². The van der Waals surface area contributed by atoms with E-state index in [0.29, 0.717) is 36.9 Å². The number of carboxylic acid groups (broad SMARTS) is 1. The molecule has 0 saturated carbocycles. The summed E-state index contributed by atoms with van der Waals surface area (Å²) < 4.78 is 14.4. The number of fused-ring (bicyclic) bond motifs is 4. The van der Waals surface area contributed by atoms with Gasteiger partial charge in [0.15, 0.2) is 10.9 Å². The van der Waals surface area contributed by atoms with Crippen LogP contribution in [0.1, 0.15) is 112 Å². The molecule has 53 heavy (non-hydrogen) atoms. The molecule has 3 aromatic rings. The van der Waals surface area contributed by atoms with Gasteiger partial charge in [-0.05, 0) is 102 Å². The molecule has 1 aliphatic carbocycles. The molecule has 6 rings (SSSR count). The van der Waals surface area contributed by atoms with E-state index in [1.807, 2.05) is 43.8 Å². The predicted octanol–water partition coefficient (Wildman–Crippen LogP) is 6.77. The van der Waals surface area contributed by atoms with E-state index in [1.165, 1.54) is 17.3 Å². The van der Waals surface area contributed by atoms with Crippen molar-refractivity contribution in [3.63, 3.8) is 0 Å². The third-order valence-electron chi connectivity index (χ3n) is 9.30. The standard InChI is InChI=1S/C33H43N7O4S.C5H11NO2/c1-20-11-12-33(25-15-21(9-10-23(20)25)34-31(42)44-32(2,3)4)17-27-24(19-43-33)28(36-30(35-27)45-7)39-13-8-14-40-22(18-39)16-26(37-40)29(41)38(5)6;1-5(2,3)6-4(7)8/h9-10,15-16,20H,8,11-14,17-19H2,1-7H3,(H,34,42);6H,1-3H3,(H,7,8)/t20-,33+;/m0./s1. The van der Waals surface area contributed by atoms with Gasteiger partial charge in [-0.3, -0.25) is 14.8 Å². The van der Waals surface area contributed by atoms with Crippen LogP contribution >= 0.6 is 11.8 Å². The number of thioether (sulfide) groups is 1. The van der Waals surface area contributed by atoms with Gasteiger partial charge < -0.3 is 29.7 Å². The summed E-state index contributed by atoms with van der Waals surface area (Å²) >= 11 is 1.54. The number of aromatic nitrogens is 4. The molecule has 288 valence electrons. The lowest BCUT2D eigenvalue weighted by Gasteiger charge is -2.44. The Balaban J connectivity index is 0.000000609. The van der Waals surface area contributed by atoms with Gasteiger partial charge in [0.05, 0.1) is 30.1 Å². The van der Waals surface area contributed by atoms with Gasteiger partial charge in [0.2, 0.25) is 0 Å². The summed E-state index contributed by atoms with van der Waals surface area (Å²) in [4.78, 5) is 49.0. The zero-order valence-electron chi connectivity index (χ0n) is 32.6. The maximum absolute atomic E-state index is 12.6. The first kappa shape index (κ1) is 39.8. The van der Waals surface area contributed by atoms with Crippen molar-refractivity contribution in [3.8, 4) is 0 Å². The minimum atomic E-state index is -0.975. The Morgan fingerprint density at radius 2 is 1.83 bits per heavy atom. The van der Waals surface area contributed by atoms with Crippen LogP contribution in [0.15, 0.2) is 29.4 Å². The first-order valence-electron chi connectivity index (χ1n) is 18.0. The molecular weight excluding hydrogens is 697 g/mol. The molecule has 0 bridgehead atoms. The molecule has 15 heteroatoms. The van der Waals surface area contributed by atoms with Gasteiger partial charge in [-0.1, -0.05) is 24.8 Å².